The quantitative estimate of drug-likeness (QED) is 0.751. The minimum atomic E-state index is -0.318. The molecular weight excluding hydrogens is 333 g/mol. The largest absolute Gasteiger partial charge is 0.329 e. The summed E-state index contributed by atoms with van der Waals surface area (Å²) in [7, 11) is 1.68. The van der Waals surface area contributed by atoms with Gasteiger partial charge in [-0.05, 0) is 23.8 Å². The number of rotatable bonds is 3. The summed E-state index contributed by atoms with van der Waals surface area (Å²) in [6.45, 7) is 0. The third-order valence-electron chi connectivity index (χ3n) is 3.46. The molecule has 3 rings (SSSR count). The zero-order chi connectivity index (χ0) is 16.4. The summed E-state index contributed by atoms with van der Waals surface area (Å²) >= 11 is 11.9. The number of carbonyl (C=O) groups is 1. The Labute approximate surface area is 143 Å². The molecule has 1 amide bonds. The van der Waals surface area contributed by atoms with Gasteiger partial charge < -0.3 is 9.88 Å². The molecule has 0 aliphatic rings. The van der Waals surface area contributed by atoms with Crippen LogP contribution in [-0.4, -0.2) is 15.5 Å². The van der Waals surface area contributed by atoms with Crippen molar-refractivity contribution in [3.8, 4) is 11.1 Å². The van der Waals surface area contributed by atoms with E-state index >= 15 is 0 Å². The fourth-order valence-electron chi connectivity index (χ4n) is 2.21. The molecule has 1 aromatic carbocycles. The SMILES string of the molecule is Cn1c(C(=O)Nc2ccc(-c3ccccc3)cn2)cc(Cl)c1Cl. The summed E-state index contributed by atoms with van der Waals surface area (Å²) in [5.74, 6) is 0.143. The van der Waals surface area contributed by atoms with Gasteiger partial charge >= 0.3 is 0 Å². The van der Waals surface area contributed by atoms with E-state index in [4.69, 9.17) is 23.2 Å². The Morgan fingerprint density at radius 2 is 1.83 bits per heavy atom. The molecule has 0 saturated heterocycles. The molecule has 1 N–H and O–H groups in total. The zero-order valence-corrected chi connectivity index (χ0v) is 13.8. The Balaban J connectivity index is 1.78. The number of nitrogens with one attached hydrogen (secondary N) is 1. The molecule has 0 unspecified atom stereocenters. The van der Waals surface area contributed by atoms with E-state index in [1.807, 2.05) is 36.4 Å². The van der Waals surface area contributed by atoms with Crippen LogP contribution >= 0.6 is 23.2 Å². The van der Waals surface area contributed by atoms with Gasteiger partial charge in [-0.25, -0.2) is 4.98 Å². The number of hydrogen-bond acceptors (Lipinski definition) is 2. The highest BCUT2D eigenvalue weighted by Crippen LogP contribution is 2.25. The second kappa shape index (κ2) is 6.44. The van der Waals surface area contributed by atoms with Crippen molar-refractivity contribution in [2.24, 2.45) is 7.05 Å². The van der Waals surface area contributed by atoms with Gasteiger partial charge in [-0.3, -0.25) is 4.79 Å². The molecule has 4 nitrogen and oxygen atoms in total. The molecule has 0 bridgehead atoms. The number of hydrogen-bond donors (Lipinski definition) is 1. The van der Waals surface area contributed by atoms with Gasteiger partial charge in [-0.15, -0.1) is 0 Å². The fraction of sp³-hybridized carbons (Fsp3) is 0.0588. The minimum Gasteiger partial charge on any atom is -0.329 e. The first-order valence-electron chi connectivity index (χ1n) is 6.90. The number of nitrogens with zero attached hydrogens (tertiary/aromatic N) is 2. The number of carbonyl (C=O) groups excluding carboxylic acids is 1. The molecule has 2 aromatic heterocycles. The van der Waals surface area contributed by atoms with Crippen molar-refractivity contribution < 1.29 is 4.79 Å². The van der Waals surface area contributed by atoms with Crippen molar-refractivity contribution in [3.63, 3.8) is 0 Å². The van der Waals surface area contributed by atoms with Gasteiger partial charge in [0, 0.05) is 18.8 Å². The lowest BCUT2D eigenvalue weighted by molar-refractivity contribution is 0.101. The molecule has 116 valence electrons. The van der Waals surface area contributed by atoms with Gasteiger partial charge in [0.05, 0.1) is 5.02 Å². The van der Waals surface area contributed by atoms with Crippen molar-refractivity contribution >= 4 is 34.9 Å². The molecule has 0 aliphatic carbocycles. The normalized spacial score (nSPS) is 10.6. The lowest BCUT2D eigenvalue weighted by Gasteiger charge is -2.07. The molecule has 0 atom stereocenters. The standard InChI is InChI=1S/C17H13Cl2N3O/c1-22-14(9-13(18)16(22)19)17(23)21-15-8-7-12(10-20-15)11-5-3-2-4-6-11/h2-10H,1H3,(H,20,21,23). The number of halogens is 2. The number of benzene rings is 1. The van der Waals surface area contributed by atoms with Crippen molar-refractivity contribution in [1.82, 2.24) is 9.55 Å². The predicted octanol–water partition coefficient (Wildman–Crippen LogP) is 4.65. The topological polar surface area (TPSA) is 46.9 Å². The molecule has 6 heteroatoms. The Hall–Kier alpha value is -2.30. The second-order valence-corrected chi connectivity index (χ2v) is 5.74. The summed E-state index contributed by atoms with van der Waals surface area (Å²) in [6, 6.07) is 15.1. The fourth-order valence-corrected chi connectivity index (χ4v) is 2.59. The zero-order valence-electron chi connectivity index (χ0n) is 12.3. The van der Waals surface area contributed by atoms with Gasteiger partial charge in [0.2, 0.25) is 0 Å². The van der Waals surface area contributed by atoms with E-state index < -0.39 is 0 Å². The van der Waals surface area contributed by atoms with Gasteiger partial charge in [0.25, 0.3) is 5.91 Å². The van der Waals surface area contributed by atoms with Crippen molar-refractivity contribution in [3.05, 3.63) is 70.6 Å². The molecule has 0 saturated carbocycles. The predicted molar refractivity (Wildman–Crippen MR) is 93.1 cm³/mol. The van der Waals surface area contributed by atoms with Gasteiger partial charge in [0.15, 0.2) is 0 Å². The second-order valence-electron chi connectivity index (χ2n) is 4.98. The highest BCUT2D eigenvalue weighted by atomic mass is 35.5. The smallest absolute Gasteiger partial charge is 0.273 e. The van der Waals surface area contributed by atoms with Crippen LogP contribution in [0.25, 0.3) is 11.1 Å². The summed E-state index contributed by atoms with van der Waals surface area (Å²) < 4.78 is 1.53. The molecule has 0 radical (unpaired) electrons. The summed E-state index contributed by atoms with van der Waals surface area (Å²) in [4.78, 5) is 16.5. The van der Waals surface area contributed by atoms with Crippen molar-refractivity contribution in [2.75, 3.05) is 5.32 Å². The first-order valence-corrected chi connectivity index (χ1v) is 7.65. The third kappa shape index (κ3) is 3.23. The lowest BCUT2D eigenvalue weighted by Crippen LogP contribution is -2.16. The average molecular weight is 346 g/mol. The number of pyridine rings is 1. The number of aromatic nitrogens is 2. The van der Waals surface area contributed by atoms with E-state index in [0.717, 1.165) is 11.1 Å². The van der Waals surface area contributed by atoms with E-state index in [-0.39, 0.29) is 5.91 Å². The maximum Gasteiger partial charge on any atom is 0.273 e. The van der Waals surface area contributed by atoms with Crippen molar-refractivity contribution in [2.45, 2.75) is 0 Å². The molecule has 2 heterocycles. The lowest BCUT2D eigenvalue weighted by atomic mass is 10.1. The molecule has 0 fully saturated rings. The van der Waals surface area contributed by atoms with Crippen molar-refractivity contribution in [1.29, 1.82) is 0 Å². The van der Waals surface area contributed by atoms with Crippen LogP contribution in [0.5, 0.6) is 0 Å². The van der Waals surface area contributed by atoms with Crippen LogP contribution in [0.2, 0.25) is 10.2 Å². The molecule has 23 heavy (non-hydrogen) atoms. The highest BCUT2D eigenvalue weighted by Gasteiger charge is 2.16. The molecular formula is C17H13Cl2N3O. The van der Waals surface area contributed by atoms with E-state index in [1.54, 1.807) is 19.3 Å². The highest BCUT2D eigenvalue weighted by molar-refractivity contribution is 6.42. The van der Waals surface area contributed by atoms with Crippen LogP contribution in [-0.2, 0) is 7.05 Å². The third-order valence-corrected chi connectivity index (χ3v) is 4.30. The summed E-state index contributed by atoms with van der Waals surface area (Å²) in [6.07, 6.45) is 1.72. The Bertz CT molecular complexity index is 842. The Morgan fingerprint density at radius 1 is 1.09 bits per heavy atom. The van der Waals surface area contributed by atoms with Gasteiger partial charge in [-0.2, -0.15) is 0 Å². The Morgan fingerprint density at radius 3 is 2.39 bits per heavy atom. The summed E-state index contributed by atoms with van der Waals surface area (Å²) in [5, 5.41) is 3.39. The first kappa shape index (κ1) is 15.6. The van der Waals surface area contributed by atoms with E-state index in [9.17, 15) is 4.79 Å². The first-order chi connectivity index (χ1) is 11.1. The number of amides is 1. The monoisotopic (exact) mass is 345 g/mol. The molecule has 0 spiro atoms. The van der Waals surface area contributed by atoms with Crippen LogP contribution in [0, 0.1) is 0 Å². The molecule has 0 aliphatic heterocycles. The van der Waals surface area contributed by atoms with E-state index in [1.165, 1.54) is 10.6 Å². The minimum absolute atomic E-state index is 0.318. The average Bonchev–Trinajstić information content (AvgIpc) is 2.84. The van der Waals surface area contributed by atoms with Gasteiger partial charge in [0.1, 0.15) is 16.7 Å². The van der Waals surface area contributed by atoms with Crippen LogP contribution in [0.15, 0.2) is 54.7 Å². The van der Waals surface area contributed by atoms with Crippen LogP contribution < -0.4 is 5.32 Å². The molecule has 3 aromatic rings. The van der Waals surface area contributed by atoms with E-state index in [2.05, 4.69) is 10.3 Å². The van der Waals surface area contributed by atoms with Crippen LogP contribution in [0.1, 0.15) is 10.5 Å². The summed E-state index contributed by atoms with van der Waals surface area (Å²) in [5.41, 5.74) is 2.42. The Kier molecular flexibility index (Phi) is 4.37. The maximum absolute atomic E-state index is 12.3. The van der Waals surface area contributed by atoms with Crippen LogP contribution in [0.4, 0.5) is 5.82 Å². The van der Waals surface area contributed by atoms with E-state index in [0.29, 0.717) is 21.7 Å². The maximum atomic E-state index is 12.3. The van der Waals surface area contributed by atoms with Gasteiger partial charge in [-0.1, -0.05) is 53.5 Å². The number of anilines is 1. The van der Waals surface area contributed by atoms with Crippen LogP contribution in [0.3, 0.4) is 0 Å².